The van der Waals surface area contributed by atoms with Gasteiger partial charge in [-0.15, -0.1) is 0 Å². The molecule has 3 aromatic carbocycles. The lowest BCUT2D eigenvalue weighted by atomic mass is 9.92. The van der Waals surface area contributed by atoms with E-state index in [1.807, 2.05) is 0 Å². The number of hydrogen-bond donors (Lipinski definition) is 2. The number of benzene rings is 3. The van der Waals surface area contributed by atoms with Crippen LogP contribution in [0.25, 0.3) is 0 Å². The van der Waals surface area contributed by atoms with Crippen LogP contribution in [0, 0.1) is 0 Å². The maximum Gasteiger partial charge on any atom is 0.325 e. The van der Waals surface area contributed by atoms with E-state index in [1.54, 1.807) is 67.6 Å². The fraction of sp³-hybridized carbons (Fsp3) is 0.160. The molecule has 0 radical (unpaired) electrons. The second-order valence-electron chi connectivity index (χ2n) is 8.20. The minimum Gasteiger partial charge on any atom is -0.324 e. The summed E-state index contributed by atoms with van der Waals surface area (Å²) >= 11 is 0. The van der Waals surface area contributed by atoms with Crippen LogP contribution in [0.2, 0.25) is 0 Å². The Morgan fingerprint density at radius 3 is 2.26 bits per heavy atom. The molecule has 1 fully saturated rings. The number of imide groups is 1. The van der Waals surface area contributed by atoms with E-state index in [0.717, 1.165) is 9.21 Å². The third-order valence-electron chi connectivity index (χ3n) is 5.82. The molecular weight excluding hydrogens is 468 g/mol. The van der Waals surface area contributed by atoms with E-state index in [1.165, 1.54) is 31.3 Å². The first-order chi connectivity index (χ1) is 16.6. The van der Waals surface area contributed by atoms with Crippen LogP contribution in [0.4, 0.5) is 16.2 Å². The number of nitrogens with zero attached hydrogens (tertiary/aromatic N) is 2. The van der Waals surface area contributed by atoms with Crippen molar-refractivity contribution in [1.82, 2.24) is 10.2 Å². The lowest BCUT2D eigenvalue weighted by Gasteiger charge is -2.22. The third-order valence-corrected chi connectivity index (χ3v) is 7.61. The maximum absolute atomic E-state index is 13.0. The van der Waals surface area contributed by atoms with E-state index < -0.39 is 40.0 Å². The van der Waals surface area contributed by atoms with Gasteiger partial charge in [-0.1, -0.05) is 54.6 Å². The average molecular weight is 493 g/mol. The van der Waals surface area contributed by atoms with Crippen molar-refractivity contribution in [3.05, 3.63) is 90.5 Å². The van der Waals surface area contributed by atoms with E-state index >= 15 is 0 Å². The Morgan fingerprint density at radius 1 is 0.971 bits per heavy atom. The van der Waals surface area contributed by atoms with Crippen LogP contribution in [0.1, 0.15) is 12.5 Å². The van der Waals surface area contributed by atoms with Crippen molar-refractivity contribution < 1.29 is 22.8 Å². The molecule has 4 rings (SSSR count). The van der Waals surface area contributed by atoms with Crippen LogP contribution < -0.4 is 14.9 Å². The van der Waals surface area contributed by atoms with Crippen molar-refractivity contribution in [2.75, 3.05) is 23.2 Å². The molecule has 1 unspecified atom stereocenters. The zero-order valence-electron chi connectivity index (χ0n) is 19.1. The Bertz CT molecular complexity index is 1380. The van der Waals surface area contributed by atoms with Crippen molar-refractivity contribution in [1.29, 1.82) is 0 Å². The van der Waals surface area contributed by atoms with Crippen molar-refractivity contribution >= 4 is 39.2 Å². The van der Waals surface area contributed by atoms with Crippen LogP contribution in [0.5, 0.6) is 0 Å². The van der Waals surface area contributed by atoms with Gasteiger partial charge >= 0.3 is 6.03 Å². The molecule has 9 nitrogen and oxygen atoms in total. The van der Waals surface area contributed by atoms with E-state index in [2.05, 4.69) is 10.6 Å². The molecule has 180 valence electrons. The SMILES string of the molecule is CN(c1ccccc1)S(=O)(=O)c1cccc(NC(=O)CN2C(=O)NC(C)(c3ccccc3)C2=O)c1. The maximum atomic E-state index is 13.0. The van der Waals surface area contributed by atoms with Crippen LogP contribution in [-0.4, -0.2) is 44.8 Å². The van der Waals surface area contributed by atoms with Crippen molar-refractivity contribution in [3.63, 3.8) is 0 Å². The largest absolute Gasteiger partial charge is 0.325 e. The normalized spacial score (nSPS) is 17.7. The Morgan fingerprint density at radius 2 is 1.60 bits per heavy atom. The van der Waals surface area contributed by atoms with Gasteiger partial charge in [0, 0.05) is 12.7 Å². The van der Waals surface area contributed by atoms with Gasteiger partial charge in [-0.3, -0.25) is 18.8 Å². The molecule has 1 atom stereocenters. The summed E-state index contributed by atoms with van der Waals surface area (Å²) in [5.41, 5.74) is 0.0216. The quantitative estimate of drug-likeness (QED) is 0.492. The Balaban J connectivity index is 1.48. The number of hydrogen-bond acceptors (Lipinski definition) is 5. The van der Waals surface area contributed by atoms with E-state index in [9.17, 15) is 22.8 Å². The minimum absolute atomic E-state index is 0.0201. The number of para-hydroxylation sites is 1. The van der Waals surface area contributed by atoms with Gasteiger partial charge in [-0.25, -0.2) is 13.2 Å². The van der Waals surface area contributed by atoms with E-state index in [4.69, 9.17) is 0 Å². The van der Waals surface area contributed by atoms with Gasteiger partial charge in [0.1, 0.15) is 12.1 Å². The fourth-order valence-electron chi connectivity index (χ4n) is 3.82. The average Bonchev–Trinajstić information content (AvgIpc) is 3.08. The van der Waals surface area contributed by atoms with Crippen LogP contribution in [0.3, 0.4) is 0 Å². The Hall–Kier alpha value is -4.18. The molecule has 1 aliphatic rings. The summed E-state index contributed by atoms with van der Waals surface area (Å²) < 4.78 is 27.2. The van der Waals surface area contributed by atoms with Gasteiger partial charge in [-0.05, 0) is 42.8 Å². The molecule has 3 aromatic rings. The summed E-state index contributed by atoms with van der Waals surface area (Å²) in [6.07, 6.45) is 0. The number of amides is 4. The molecule has 0 spiro atoms. The van der Waals surface area contributed by atoms with Gasteiger partial charge in [0.15, 0.2) is 0 Å². The van der Waals surface area contributed by atoms with Gasteiger partial charge < -0.3 is 10.6 Å². The van der Waals surface area contributed by atoms with Gasteiger partial charge in [0.25, 0.3) is 15.9 Å². The highest BCUT2D eigenvalue weighted by Gasteiger charge is 2.49. The number of rotatable bonds is 7. The lowest BCUT2D eigenvalue weighted by Crippen LogP contribution is -2.42. The molecule has 2 N–H and O–H groups in total. The zero-order chi connectivity index (χ0) is 25.2. The number of sulfonamides is 1. The number of urea groups is 1. The topological polar surface area (TPSA) is 116 Å². The van der Waals surface area contributed by atoms with Crippen LogP contribution >= 0.6 is 0 Å². The first-order valence-electron chi connectivity index (χ1n) is 10.8. The minimum atomic E-state index is -3.88. The van der Waals surface area contributed by atoms with E-state index in [0.29, 0.717) is 11.3 Å². The van der Waals surface area contributed by atoms with Crippen molar-refractivity contribution in [2.45, 2.75) is 17.4 Å². The number of carbonyl (C=O) groups is 3. The molecule has 0 aliphatic carbocycles. The third kappa shape index (κ3) is 4.60. The Kier molecular flexibility index (Phi) is 6.31. The summed E-state index contributed by atoms with van der Waals surface area (Å²) in [7, 11) is -2.44. The summed E-state index contributed by atoms with van der Waals surface area (Å²) in [5.74, 6) is -1.19. The predicted octanol–water partition coefficient (Wildman–Crippen LogP) is 2.92. The Labute approximate surface area is 203 Å². The lowest BCUT2D eigenvalue weighted by molar-refractivity contribution is -0.133. The molecule has 0 saturated carbocycles. The highest BCUT2D eigenvalue weighted by atomic mass is 32.2. The number of carbonyl (C=O) groups excluding carboxylic acids is 3. The van der Waals surface area contributed by atoms with Crippen LogP contribution in [0.15, 0.2) is 89.8 Å². The molecule has 10 heteroatoms. The van der Waals surface area contributed by atoms with Crippen LogP contribution in [-0.2, 0) is 25.2 Å². The molecule has 1 heterocycles. The van der Waals surface area contributed by atoms with Gasteiger partial charge in [-0.2, -0.15) is 0 Å². The second-order valence-corrected chi connectivity index (χ2v) is 10.2. The number of anilines is 2. The number of nitrogens with one attached hydrogen (secondary N) is 2. The highest BCUT2D eigenvalue weighted by molar-refractivity contribution is 7.92. The summed E-state index contributed by atoms with van der Waals surface area (Å²) in [5, 5.41) is 5.22. The van der Waals surface area contributed by atoms with Gasteiger partial charge in [0.2, 0.25) is 5.91 Å². The van der Waals surface area contributed by atoms with Crippen molar-refractivity contribution in [2.24, 2.45) is 0 Å². The first kappa shape index (κ1) is 24.0. The first-order valence-corrected chi connectivity index (χ1v) is 12.2. The molecule has 1 aliphatic heterocycles. The molecule has 1 saturated heterocycles. The standard InChI is InChI=1S/C25H24N4O5S/c1-25(18-10-5-3-6-11-18)23(31)29(24(32)27-25)17-22(30)26-19-12-9-15-21(16-19)35(33,34)28(2)20-13-7-4-8-14-20/h3-16H,17H2,1-2H3,(H,26,30)(H,27,32). The highest BCUT2D eigenvalue weighted by Crippen LogP contribution is 2.29. The smallest absolute Gasteiger partial charge is 0.324 e. The summed E-state index contributed by atoms with van der Waals surface area (Å²) in [6.45, 7) is 1.06. The predicted molar refractivity (Wildman–Crippen MR) is 131 cm³/mol. The molecule has 4 amide bonds. The fourth-order valence-corrected chi connectivity index (χ4v) is 5.06. The second kappa shape index (κ2) is 9.22. The zero-order valence-corrected chi connectivity index (χ0v) is 20.0. The molecule has 35 heavy (non-hydrogen) atoms. The monoisotopic (exact) mass is 492 g/mol. The summed E-state index contributed by atoms with van der Waals surface area (Å²) in [6, 6.07) is 22.4. The van der Waals surface area contributed by atoms with Crippen molar-refractivity contribution in [3.8, 4) is 0 Å². The summed E-state index contributed by atoms with van der Waals surface area (Å²) in [4.78, 5) is 39.0. The molecular formula is C25H24N4O5S. The van der Waals surface area contributed by atoms with Gasteiger partial charge in [0.05, 0.1) is 10.6 Å². The van der Waals surface area contributed by atoms with E-state index in [-0.39, 0.29) is 10.6 Å². The molecule has 0 aromatic heterocycles. The molecule has 0 bridgehead atoms.